The number of aromatic nitrogens is 2. The third kappa shape index (κ3) is 3.57. The molecule has 0 spiro atoms. The van der Waals surface area contributed by atoms with E-state index in [1.807, 2.05) is 31.2 Å². The van der Waals surface area contributed by atoms with E-state index in [1.54, 1.807) is 22.5 Å². The van der Waals surface area contributed by atoms with E-state index in [9.17, 15) is 9.59 Å². The molecule has 1 aliphatic rings. The number of para-hydroxylation sites is 1. The van der Waals surface area contributed by atoms with Crippen molar-refractivity contribution in [3.8, 4) is 0 Å². The summed E-state index contributed by atoms with van der Waals surface area (Å²) in [6.07, 6.45) is 0.869. The van der Waals surface area contributed by atoms with E-state index in [-0.39, 0.29) is 24.1 Å². The van der Waals surface area contributed by atoms with Gasteiger partial charge in [0.05, 0.1) is 5.69 Å². The number of rotatable bonds is 6. The number of nitrogens with one attached hydrogen (secondary N) is 2. The van der Waals surface area contributed by atoms with Gasteiger partial charge >= 0.3 is 0 Å². The topological polar surface area (TPSA) is 89.2 Å². The molecule has 0 atom stereocenters. The summed E-state index contributed by atoms with van der Waals surface area (Å²) in [7, 11) is 0. The number of carbonyl (C=O) groups is 2. The van der Waals surface area contributed by atoms with Crippen molar-refractivity contribution in [3.63, 3.8) is 0 Å². The van der Waals surface area contributed by atoms with Gasteiger partial charge in [-0.05, 0) is 18.6 Å². The lowest BCUT2D eigenvalue weighted by molar-refractivity contribution is -0.121. The molecule has 2 aromatic heterocycles. The first kappa shape index (κ1) is 17.7. The monoisotopic (exact) mass is 384 g/mol. The minimum absolute atomic E-state index is 0.0768. The first-order valence-electron chi connectivity index (χ1n) is 8.88. The first-order valence-corrected chi connectivity index (χ1v) is 10.0. The zero-order valence-corrected chi connectivity index (χ0v) is 15.8. The predicted molar refractivity (Wildman–Crippen MR) is 105 cm³/mol. The van der Waals surface area contributed by atoms with Gasteiger partial charge in [0.15, 0.2) is 5.76 Å². The Morgan fingerprint density at radius 2 is 2.15 bits per heavy atom. The quantitative estimate of drug-likeness (QED) is 0.681. The van der Waals surface area contributed by atoms with Crippen LogP contribution in [0.4, 0.5) is 5.82 Å². The zero-order valence-electron chi connectivity index (χ0n) is 14.9. The van der Waals surface area contributed by atoms with Crippen molar-refractivity contribution in [3.05, 3.63) is 47.3 Å². The zero-order chi connectivity index (χ0) is 18.8. The van der Waals surface area contributed by atoms with Crippen molar-refractivity contribution in [2.75, 3.05) is 11.9 Å². The number of carbonyl (C=O) groups excluding carboxylic acids is 2. The Hall–Kier alpha value is -2.74. The SMILES string of the molecule is CCCNC(=O)Cn1nc2c(c1NC(=O)c1cc3ccccc3o1)CSC2. The second-order valence-electron chi connectivity index (χ2n) is 6.38. The third-order valence-electron chi connectivity index (χ3n) is 4.37. The van der Waals surface area contributed by atoms with Gasteiger partial charge < -0.3 is 15.1 Å². The smallest absolute Gasteiger partial charge is 0.292 e. The second-order valence-corrected chi connectivity index (χ2v) is 7.36. The summed E-state index contributed by atoms with van der Waals surface area (Å²) >= 11 is 1.74. The number of anilines is 1. The number of amides is 2. The van der Waals surface area contributed by atoms with Gasteiger partial charge in [0, 0.05) is 29.0 Å². The molecule has 0 fully saturated rings. The van der Waals surface area contributed by atoms with Crippen LogP contribution < -0.4 is 10.6 Å². The van der Waals surface area contributed by atoms with Crippen molar-refractivity contribution in [2.24, 2.45) is 0 Å². The van der Waals surface area contributed by atoms with Gasteiger partial charge in [-0.25, -0.2) is 4.68 Å². The van der Waals surface area contributed by atoms with Gasteiger partial charge in [-0.15, -0.1) is 0 Å². The van der Waals surface area contributed by atoms with Crippen molar-refractivity contribution >= 4 is 40.4 Å². The highest BCUT2D eigenvalue weighted by Gasteiger charge is 2.26. The second kappa shape index (κ2) is 7.48. The maximum absolute atomic E-state index is 12.7. The van der Waals surface area contributed by atoms with Gasteiger partial charge in [0.1, 0.15) is 17.9 Å². The summed E-state index contributed by atoms with van der Waals surface area (Å²) in [5, 5.41) is 11.1. The lowest BCUT2D eigenvalue weighted by atomic mass is 10.2. The average molecular weight is 384 g/mol. The normalized spacial score (nSPS) is 12.9. The van der Waals surface area contributed by atoms with E-state index in [0.717, 1.165) is 34.6 Å². The summed E-state index contributed by atoms with van der Waals surface area (Å²) in [4.78, 5) is 24.9. The molecular formula is C19H20N4O3S. The van der Waals surface area contributed by atoms with Crippen LogP contribution >= 0.6 is 11.8 Å². The Balaban J connectivity index is 1.58. The average Bonchev–Trinajstić information content (AvgIpc) is 3.36. The number of hydrogen-bond donors (Lipinski definition) is 2. The number of hydrogen-bond acceptors (Lipinski definition) is 5. The van der Waals surface area contributed by atoms with Gasteiger partial charge in [0.25, 0.3) is 5.91 Å². The highest BCUT2D eigenvalue weighted by molar-refractivity contribution is 7.98. The molecule has 0 radical (unpaired) electrons. The van der Waals surface area contributed by atoms with E-state index in [0.29, 0.717) is 17.9 Å². The molecule has 27 heavy (non-hydrogen) atoms. The van der Waals surface area contributed by atoms with Crippen LogP contribution in [0, 0.1) is 0 Å². The largest absolute Gasteiger partial charge is 0.451 e. The van der Waals surface area contributed by atoms with Gasteiger partial charge in [-0.3, -0.25) is 9.59 Å². The molecule has 1 aliphatic heterocycles. The molecule has 2 amide bonds. The highest BCUT2D eigenvalue weighted by Crippen LogP contribution is 2.35. The van der Waals surface area contributed by atoms with Crippen LogP contribution in [0.1, 0.15) is 35.2 Å². The Morgan fingerprint density at radius 1 is 1.30 bits per heavy atom. The fourth-order valence-electron chi connectivity index (χ4n) is 3.04. The molecule has 0 unspecified atom stereocenters. The van der Waals surface area contributed by atoms with E-state index >= 15 is 0 Å². The molecule has 7 nitrogen and oxygen atoms in total. The van der Waals surface area contributed by atoms with Crippen molar-refractivity contribution in [1.29, 1.82) is 0 Å². The van der Waals surface area contributed by atoms with Gasteiger partial charge in [-0.1, -0.05) is 25.1 Å². The standard InChI is InChI=1S/C19H20N4O3S/c1-2-7-20-17(24)9-23-18(13-10-27-11-14(13)22-23)21-19(25)16-8-12-5-3-4-6-15(12)26-16/h3-6,8H,2,7,9-11H2,1H3,(H,20,24)(H,21,25). The van der Waals surface area contributed by atoms with Gasteiger partial charge in [0.2, 0.25) is 5.91 Å². The van der Waals surface area contributed by atoms with Crippen LogP contribution in [-0.2, 0) is 22.8 Å². The molecular weight excluding hydrogens is 364 g/mol. The maximum atomic E-state index is 12.7. The summed E-state index contributed by atoms with van der Waals surface area (Å²) < 4.78 is 7.23. The minimum Gasteiger partial charge on any atom is -0.451 e. The van der Waals surface area contributed by atoms with Crippen molar-refractivity contribution < 1.29 is 14.0 Å². The predicted octanol–water partition coefficient (Wildman–Crippen LogP) is 3.15. The Kier molecular flexibility index (Phi) is 4.89. The maximum Gasteiger partial charge on any atom is 0.292 e. The van der Waals surface area contributed by atoms with E-state index < -0.39 is 0 Å². The number of nitrogens with zero attached hydrogens (tertiary/aromatic N) is 2. The molecule has 4 rings (SSSR count). The van der Waals surface area contributed by atoms with Crippen molar-refractivity contribution in [2.45, 2.75) is 31.4 Å². The van der Waals surface area contributed by atoms with Crippen LogP contribution in [0.25, 0.3) is 11.0 Å². The molecule has 3 aromatic rings. The fourth-order valence-corrected chi connectivity index (χ4v) is 4.07. The van der Waals surface area contributed by atoms with Crippen LogP contribution in [0.3, 0.4) is 0 Å². The summed E-state index contributed by atoms with van der Waals surface area (Å²) in [6, 6.07) is 9.19. The van der Waals surface area contributed by atoms with Crippen LogP contribution in [0.5, 0.6) is 0 Å². The Labute approximate surface area is 160 Å². The minimum atomic E-state index is -0.346. The molecule has 0 bridgehead atoms. The lowest BCUT2D eigenvalue weighted by Crippen LogP contribution is -2.29. The molecule has 2 N–H and O–H groups in total. The summed E-state index contributed by atoms with van der Waals surface area (Å²) in [5.74, 6) is 1.89. The molecule has 0 aliphatic carbocycles. The van der Waals surface area contributed by atoms with E-state index in [1.165, 1.54) is 0 Å². The molecule has 140 valence electrons. The van der Waals surface area contributed by atoms with Gasteiger partial charge in [-0.2, -0.15) is 16.9 Å². The Morgan fingerprint density at radius 3 is 2.96 bits per heavy atom. The number of thioether (sulfide) groups is 1. The number of fused-ring (bicyclic) bond motifs is 2. The van der Waals surface area contributed by atoms with E-state index in [2.05, 4.69) is 15.7 Å². The molecule has 1 aromatic carbocycles. The molecule has 0 saturated heterocycles. The third-order valence-corrected chi connectivity index (χ3v) is 5.34. The van der Waals surface area contributed by atoms with Crippen LogP contribution in [-0.4, -0.2) is 28.1 Å². The number of benzene rings is 1. The van der Waals surface area contributed by atoms with Crippen molar-refractivity contribution in [1.82, 2.24) is 15.1 Å². The lowest BCUT2D eigenvalue weighted by Gasteiger charge is -2.10. The molecule has 8 heteroatoms. The molecule has 3 heterocycles. The Bertz CT molecular complexity index is 975. The van der Waals surface area contributed by atoms with E-state index in [4.69, 9.17) is 4.42 Å². The van der Waals surface area contributed by atoms with Crippen LogP contribution in [0.2, 0.25) is 0 Å². The summed E-state index contributed by atoms with van der Waals surface area (Å²) in [5.41, 5.74) is 2.56. The number of furan rings is 1. The highest BCUT2D eigenvalue weighted by atomic mass is 32.2. The van der Waals surface area contributed by atoms with Crippen LogP contribution in [0.15, 0.2) is 34.7 Å². The fraction of sp³-hybridized carbons (Fsp3) is 0.316. The molecule has 0 saturated carbocycles. The first-order chi connectivity index (χ1) is 13.2. The summed E-state index contributed by atoms with van der Waals surface area (Å²) in [6.45, 7) is 2.70.